The predicted molar refractivity (Wildman–Crippen MR) is 103 cm³/mol. The van der Waals surface area contributed by atoms with E-state index in [2.05, 4.69) is 56.0 Å². The molecule has 0 spiro atoms. The van der Waals surface area contributed by atoms with Crippen molar-refractivity contribution in [2.75, 3.05) is 6.61 Å². The van der Waals surface area contributed by atoms with Crippen LogP contribution >= 0.6 is 0 Å². The fraction of sp³-hybridized carbons (Fsp3) is 0.565. The molecule has 1 aromatic carbocycles. The summed E-state index contributed by atoms with van der Waals surface area (Å²) in [6, 6.07) is 8.64. The third kappa shape index (κ3) is 6.93. The van der Waals surface area contributed by atoms with Crippen LogP contribution in [0.25, 0.3) is 0 Å². The molecular formula is C23H32O. The minimum Gasteiger partial charge on any atom is -0.378 e. The Morgan fingerprint density at radius 3 is 2.46 bits per heavy atom. The number of rotatable bonds is 7. The fourth-order valence-corrected chi connectivity index (χ4v) is 3.19. The van der Waals surface area contributed by atoms with Gasteiger partial charge in [-0.15, -0.1) is 0 Å². The van der Waals surface area contributed by atoms with Crippen molar-refractivity contribution in [1.29, 1.82) is 0 Å². The molecule has 1 aliphatic carbocycles. The highest BCUT2D eigenvalue weighted by atomic mass is 16.5. The zero-order valence-electron chi connectivity index (χ0n) is 15.4. The van der Waals surface area contributed by atoms with Gasteiger partial charge in [-0.05, 0) is 68.2 Å². The van der Waals surface area contributed by atoms with Gasteiger partial charge in [-0.3, -0.25) is 0 Å². The standard InChI is InChI=1S/C23H32O/c1-3-5-19-24-23-17-15-22(16-18-23)10-7-6-9-21-13-11-20(8-4-2)12-14-21/h7,10-14,22-23H,3-5,8,15-19H2,1-2H3. The zero-order valence-corrected chi connectivity index (χ0v) is 15.4. The number of benzene rings is 1. The lowest BCUT2D eigenvalue weighted by Gasteiger charge is -2.26. The fourth-order valence-electron chi connectivity index (χ4n) is 3.19. The zero-order chi connectivity index (χ0) is 17.0. The van der Waals surface area contributed by atoms with E-state index >= 15 is 0 Å². The molecule has 1 heteroatoms. The van der Waals surface area contributed by atoms with Crippen molar-refractivity contribution in [1.82, 2.24) is 0 Å². The van der Waals surface area contributed by atoms with E-state index in [4.69, 9.17) is 4.74 Å². The first kappa shape index (κ1) is 18.8. The van der Waals surface area contributed by atoms with Crippen molar-refractivity contribution in [3.8, 4) is 11.8 Å². The van der Waals surface area contributed by atoms with E-state index in [1.165, 1.54) is 50.5 Å². The van der Waals surface area contributed by atoms with Crippen LogP contribution in [0.1, 0.15) is 69.9 Å². The van der Waals surface area contributed by atoms with Gasteiger partial charge in [0.2, 0.25) is 0 Å². The molecule has 1 aromatic rings. The van der Waals surface area contributed by atoms with E-state index in [-0.39, 0.29) is 0 Å². The molecule has 0 amide bonds. The van der Waals surface area contributed by atoms with Crippen molar-refractivity contribution in [3.05, 3.63) is 47.5 Å². The highest BCUT2D eigenvalue weighted by Gasteiger charge is 2.19. The van der Waals surface area contributed by atoms with Gasteiger partial charge >= 0.3 is 0 Å². The van der Waals surface area contributed by atoms with E-state index in [0.717, 1.165) is 18.6 Å². The lowest BCUT2D eigenvalue weighted by Crippen LogP contribution is -2.21. The van der Waals surface area contributed by atoms with Gasteiger partial charge in [0.25, 0.3) is 0 Å². The number of hydrogen-bond donors (Lipinski definition) is 0. The Balaban J connectivity index is 1.71. The highest BCUT2D eigenvalue weighted by Crippen LogP contribution is 2.27. The van der Waals surface area contributed by atoms with Gasteiger partial charge < -0.3 is 4.74 Å². The first-order valence-electron chi connectivity index (χ1n) is 9.70. The van der Waals surface area contributed by atoms with Gasteiger partial charge in [0.05, 0.1) is 6.10 Å². The molecule has 0 radical (unpaired) electrons. The molecule has 0 N–H and O–H groups in total. The van der Waals surface area contributed by atoms with Crippen molar-refractivity contribution < 1.29 is 4.74 Å². The third-order valence-corrected chi connectivity index (χ3v) is 4.73. The van der Waals surface area contributed by atoms with Gasteiger partial charge in [-0.25, -0.2) is 0 Å². The van der Waals surface area contributed by atoms with Gasteiger partial charge in [0, 0.05) is 12.2 Å². The quantitative estimate of drug-likeness (QED) is 0.446. The molecule has 1 aliphatic rings. The van der Waals surface area contributed by atoms with Crippen LogP contribution in [0, 0.1) is 17.8 Å². The monoisotopic (exact) mass is 324 g/mol. The Morgan fingerprint density at radius 1 is 1.04 bits per heavy atom. The van der Waals surface area contributed by atoms with Crippen LogP contribution < -0.4 is 0 Å². The van der Waals surface area contributed by atoms with Crippen molar-refractivity contribution in [2.45, 2.75) is 71.3 Å². The average Bonchev–Trinajstić information content (AvgIpc) is 2.62. The van der Waals surface area contributed by atoms with Gasteiger partial charge in [0.1, 0.15) is 0 Å². The molecule has 0 heterocycles. The van der Waals surface area contributed by atoms with Crippen molar-refractivity contribution in [2.24, 2.45) is 5.92 Å². The maximum absolute atomic E-state index is 5.93. The van der Waals surface area contributed by atoms with Crippen LogP contribution in [-0.2, 0) is 11.2 Å². The second kappa shape index (κ2) is 11.1. The Morgan fingerprint density at radius 2 is 1.79 bits per heavy atom. The second-order valence-corrected chi connectivity index (χ2v) is 6.84. The Kier molecular flexibility index (Phi) is 8.71. The van der Waals surface area contributed by atoms with Crippen LogP contribution in [0.3, 0.4) is 0 Å². The van der Waals surface area contributed by atoms with Crippen LogP contribution in [0.15, 0.2) is 36.4 Å². The summed E-state index contributed by atoms with van der Waals surface area (Å²) in [5, 5.41) is 0. The largest absolute Gasteiger partial charge is 0.378 e. The van der Waals surface area contributed by atoms with E-state index in [1.807, 2.05) is 6.08 Å². The summed E-state index contributed by atoms with van der Waals surface area (Å²) in [5.41, 5.74) is 2.50. The normalized spacial score (nSPS) is 20.8. The maximum atomic E-state index is 5.93. The molecule has 1 nitrogen and oxygen atoms in total. The maximum Gasteiger partial charge on any atom is 0.0575 e. The molecule has 0 atom stereocenters. The highest BCUT2D eigenvalue weighted by molar-refractivity contribution is 5.38. The first-order chi connectivity index (χ1) is 11.8. The number of hydrogen-bond acceptors (Lipinski definition) is 1. The Bertz CT molecular complexity index is 536. The summed E-state index contributed by atoms with van der Waals surface area (Å²) in [5.74, 6) is 7.10. The molecule has 0 aliphatic heterocycles. The van der Waals surface area contributed by atoms with E-state index in [0.29, 0.717) is 12.0 Å². The number of unbranched alkanes of at least 4 members (excludes halogenated alkanes) is 1. The van der Waals surface area contributed by atoms with E-state index in [9.17, 15) is 0 Å². The summed E-state index contributed by atoms with van der Waals surface area (Å²) in [6.07, 6.45) is 14.5. The van der Waals surface area contributed by atoms with E-state index < -0.39 is 0 Å². The summed E-state index contributed by atoms with van der Waals surface area (Å²) >= 11 is 0. The first-order valence-corrected chi connectivity index (χ1v) is 9.70. The smallest absolute Gasteiger partial charge is 0.0575 e. The SMILES string of the molecule is CCCCOC1CCC(C=CC#Cc2ccc(CCC)cc2)CC1. The summed E-state index contributed by atoms with van der Waals surface area (Å²) in [7, 11) is 0. The molecule has 24 heavy (non-hydrogen) atoms. The van der Waals surface area contributed by atoms with Gasteiger partial charge in [-0.2, -0.15) is 0 Å². The Hall–Kier alpha value is -1.52. The molecule has 0 aromatic heterocycles. The molecule has 1 fully saturated rings. The predicted octanol–water partition coefficient (Wildman–Crippen LogP) is 5.92. The average molecular weight is 325 g/mol. The van der Waals surface area contributed by atoms with Crippen LogP contribution in [0.5, 0.6) is 0 Å². The number of ether oxygens (including phenoxy) is 1. The summed E-state index contributed by atoms with van der Waals surface area (Å²) in [4.78, 5) is 0. The third-order valence-electron chi connectivity index (χ3n) is 4.73. The van der Waals surface area contributed by atoms with E-state index in [1.54, 1.807) is 0 Å². The molecule has 1 saturated carbocycles. The van der Waals surface area contributed by atoms with Crippen LogP contribution in [0.4, 0.5) is 0 Å². The van der Waals surface area contributed by atoms with Gasteiger partial charge in [0.15, 0.2) is 0 Å². The minimum absolute atomic E-state index is 0.494. The molecule has 0 unspecified atom stereocenters. The lowest BCUT2D eigenvalue weighted by molar-refractivity contribution is 0.0209. The summed E-state index contributed by atoms with van der Waals surface area (Å²) < 4.78 is 5.93. The van der Waals surface area contributed by atoms with Crippen LogP contribution in [-0.4, -0.2) is 12.7 Å². The van der Waals surface area contributed by atoms with Gasteiger partial charge in [-0.1, -0.05) is 56.7 Å². The Labute approximate surface area is 148 Å². The lowest BCUT2D eigenvalue weighted by atomic mass is 9.87. The number of aryl methyl sites for hydroxylation is 1. The second-order valence-electron chi connectivity index (χ2n) is 6.84. The molecule has 0 bridgehead atoms. The molecular weight excluding hydrogens is 292 g/mol. The van der Waals surface area contributed by atoms with Crippen molar-refractivity contribution >= 4 is 0 Å². The summed E-state index contributed by atoms with van der Waals surface area (Å²) in [6.45, 7) is 5.36. The number of allylic oxidation sites excluding steroid dienone is 2. The topological polar surface area (TPSA) is 9.23 Å². The van der Waals surface area contributed by atoms with Crippen LogP contribution in [0.2, 0.25) is 0 Å². The molecule has 0 saturated heterocycles. The molecule has 130 valence electrons. The molecule has 2 rings (SSSR count). The van der Waals surface area contributed by atoms with Crippen molar-refractivity contribution in [3.63, 3.8) is 0 Å². The minimum atomic E-state index is 0.494.